The predicted octanol–water partition coefficient (Wildman–Crippen LogP) is 2.40. The van der Waals surface area contributed by atoms with Gasteiger partial charge in [0.1, 0.15) is 5.75 Å². The summed E-state index contributed by atoms with van der Waals surface area (Å²) >= 11 is 0. The van der Waals surface area contributed by atoms with Crippen LogP contribution in [-0.4, -0.2) is 16.6 Å². The minimum atomic E-state index is -2.89. The van der Waals surface area contributed by atoms with Crippen molar-refractivity contribution in [2.45, 2.75) is 6.61 Å². The van der Waals surface area contributed by atoms with E-state index in [1.807, 2.05) is 0 Å². The molecule has 94 valence electrons. The first-order valence-electron chi connectivity index (χ1n) is 5.03. The minimum Gasteiger partial charge on any atom is -0.433 e. The number of nitrogens with two attached hydrogens (primary N) is 1. The molecule has 7 heteroatoms. The number of nitrogen functional groups attached to an aromatic ring is 1. The number of anilines is 3. The number of hydrogen-bond acceptors (Lipinski definition) is 5. The van der Waals surface area contributed by atoms with E-state index in [0.717, 1.165) is 0 Å². The Morgan fingerprint density at radius 1 is 1.17 bits per heavy atom. The molecular formula is C11H10F2N4O. The van der Waals surface area contributed by atoms with Crippen LogP contribution in [-0.2, 0) is 0 Å². The smallest absolute Gasteiger partial charge is 0.387 e. The van der Waals surface area contributed by atoms with Crippen molar-refractivity contribution < 1.29 is 13.5 Å². The normalized spacial score (nSPS) is 10.4. The van der Waals surface area contributed by atoms with Crippen molar-refractivity contribution in [3.8, 4) is 5.75 Å². The van der Waals surface area contributed by atoms with Gasteiger partial charge in [-0.25, -0.2) is 9.97 Å². The third-order valence-electron chi connectivity index (χ3n) is 2.02. The zero-order valence-electron chi connectivity index (χ0n) is 9.18. The van der Waals surface area contributed by atoms with E-state index >= 15 is 0 Å². The Bertz CT molecular complexity index is 519. The van der Waals surface area contributed by atoms with Gasteiger partial charge in [0.2, 0.25) is 5.95 Å². The number of halogens is 2. The molecule has 0 atom stereocenters. The number of ether oxygens (including phenoxy) is 1. The van der Waals surface area contributed by atoms with Gasteiger partial charge in [-0.05, 0) is 12.1 Å². The van der Waals surface area contributed by atoms with E-state index in [2.05, 4.69) is 20.0 Å². The molecule has 0 saturated heterocycles. The number of nitrogens with one attached hydrogen (secondary N) is 1. The van der Waals surface area contributed by atoms with Crippen molar-refractivity contribution in [2.24, 2.45) is 0 Å². The lowest BCUT2D eigenvalue weighted by atomic mass is 10.3. The maximum atomic E-state index is 12.2. The fourth-order valence-corrected chi connectivity index (χ4v) is 1.29. The summed E-state index contributed by atoms with van der Waals surface area (Å²) in [6.45, 7) is -2.89. The van der Waals surface area contributed by atoms with Crippen LogP contribution in [0.3, 0.4) is 0 Å². The molecule has 1 aromatic carbocycles. The highest BCUT2D eigenvalue weighted by atomic mass is 19.3. The molecule has 0 fully saturated rings. The maximum absolute atomic E-state index is 12.2. The molecule has 18 heavy (non-hydrogen) atoms. The Balaban J connectivity index is 2.20. The summed E-state index contributed by atoms with van der Waals surface area (Å²) in [6.07, 6.45) is 2.82. The van der Waals surface area contributed by atoms with E-state index in [9.17, 15) is 8.78 Å². The number of nitrogens with zero attached hydrogens (tertiary/aromatic N) is 2. The van der Waals surface area contributed by atoms with Crippen molar-refractivity contribution in [2.75, 3.05) is 11.1 Å². The topological polar surface area (TPSA) is 73.1 Å². The second kappa shape index (κ2) is 5.26. The van der Waals surface area contributed by atoms with Gasteiger partial charge in [0.05, 0.1) is 23.8 Å². The van der Waals surface area contributed by atoms with Crippen LogP contribution in [0, 0.1) is 0 Å². The van der Waals surface area contributed by atoms with E-state index in [0.29, 0.717) is 11.4 Å². The molecular weight excluding hydrogens is 242 g/mol. The SMILES string of the molecule is Nc1cnc(Nc2ccccc2OC(F)F)nc1. The quantitative estimate of drug-likeness (QED) is 0.874. The molecule has 0 saturated carbocycles. The Labute approximate surface area is 102 Å². The molecule has 2 rings (SSSR count). The summed E-state index contributed by atoms with van der Waals surface area (Å²) in [4.78, 5) is 7.81. The average Bonchev–Trinajstić information content (AvgIpc) is 2.34. The van der Waals surface area contributed by atoms with Crippen LogP contribution in [0.5, 0.6) is 5.75 Å². The molecule has 2 aromatic rings. The van der Waals surface area contributed by atoms with E-state index in [1.165, 1.54) is 18.5 Å². The minimum absolute atomic E-state index is 0.0212. The lowest BCUT2D eigenvalue weighted by Crippen LogP contribution is -2.05. The fourth-order valence-electron chi connectivity index (χ4n) is 1.29. The highest BCUT2D eigenvalue weighted by Crippen LogP contribution is 2.27. The zero-order valence-corrected chi connectivity index (χ0v) is 9.18. The van der Waals surface area contributed by atoms with E-state index in [-0.39, 0.29) is 11.7 Å². The van der Waals surface area contributed by atoms with Crippen molar-refractivity contribution in [1.82, 2.24) is 9.97 Å². The number of rotatable bonds is 4. The van der Waals surface area contributed by atoms with Crippen LogP contribution in [0.1, 0.15) is 0 Å². The summed E-state index contributed by atoms with van der Waals surface area (Å²) < 4.78 is 28.8. The lowest BCUT2D eigenvalue weighted by molar-refractivity contribution is -0.0493. The van der Waals surface area contributed by atoms with Crippen LogP contribution in [0.15, 0.2) is 36.7 Å². The van der Waals surface area contributed by atoms with Crippen LogP contribution in [0.2, 0.25) is 0 Å². The largest absolute Gasteiger partial charge is 0.433 e. The van der Waals surface area contributed by atoms with Gasteiger partial charge < -0.3 is 15.8 Å². The predicted molar refractivity (Wildman–Crippen MR) is 62.8 cm³/mol. The molecule has 1 heterocycles. The summed E-state index contributed by atoms with van der Waals surface area (Å²) in [5.41, 5.74) is 6.20. The summed E-state index contributed by atoms with van der Waals surface area (Å²) in [5, 5.41) is 2.77. The molecule has 1 aromatic heterocycles. The van der Waals surface area contributed by atoms with E-state index in [1.54, 1.807) is 18.2 Å². The fraction of sp³-hybridized carbons (Fsp3) is 0.0909. The highest BCUT2D eigenvalue weighted by molar-refractivity contribution is 5.62. The number of alkyl halides is 2. The third-order valence-corrected chi connectivity index (χ3v) is 2.02. The number of para-hydroxylation sites is 2. The molecule has 0 aliphatic rings. The van der Waals surface area contributed by atoms with Crippen LogP contribution in [0.25, 0.3) is 0 Å². The zero-order chi connectivity index (χ0) is 13.0. The molecule has 5 nitrogen and oxygen atoms in total. The molecule has 0 aliphatic carbocycles. The molecule has 0 spiro atoms. The molecule has 0 bridgehead atoms. The van der Waals surface area contributed by atoms with Gasteiger partial charge in [0.15, 0.2) is 0 Å². The van der Waals surface area contributed by atoms with Gasteiger partial charge in [0, 0.05) is 0 Å². The number of benzene rings is 1. The summed E-state index contributed by atoms with van der Waals surface area (Å²) in [5.74, 6) is 0.266. The van der Waals surface area contributed by atoms with Gasteiger partial charge in [-0.3, -0.25) is 0 Å². The first-order chi connectivity index (χ1) is 8.65. The standard InChI is InChI=1S/C11H10F2N4O/c12-10(13)18-9-4-2-1-3-8(9)17-11-15-5-7(14)6-16-11/h1-6,10H,14H2,(H,15,16,17). The molecule has 0 amide bonds. The highest BCUT2D eigenvalue weighted by Gasteiger charge is 2.09. The van der Waals surface area contributed by atoms with Gasteiger partial charge in [-0.2, -0.15) is 8.78 Å². The first kappa shape index (κ1) is 12.0. The van der Waals surface area contributed by atoms with Gasteiger partial charge in [-0.1, -0.05) is 12.1 Å². The second-order valence-electron chi connectivity index (χ2n) is 3.34. The lowest BCUT2D eigenvalue weighted by Gasteiger charge is -2.11. The molecule has 0 radical (unpaired) electrons. The Hall–Kier alpha value is -2.44. The summed E-state index contributed by atoms with van der Waals surface area (Å²) in [6, 6.07) is 6.27. The Morgan fingerprint density at radius 3 is 2.50 bits per heavy atom. The van der Waals surface area contributed by atoms with Crippen LogP contribution >= 0.6 is 0 Å². The Kier molecular flexibility index (Phi) is 3.52. The third kappa shape index (κ3) is 3.03. The number of aromatic nitrogens is 2. The number of hydrogen-bond donors (Lipinski definition) is 2. The van der Waals surface area contributed by atoms with Gasteiger partial charge >= 0.3 is 6.61 Å². The van der Waals surface area contributed by atoms with Crippen molar-refractivity contribution in [3.63, 3.8) is 0 Å². The van der Waals surface area contributed by atoms with E-state index < -0.39 is 6.61 Å². The van der Waals surface area contributed by atoms with Crippen molar-refractivity contribution >= 4 is 17.3 Å². The average molecular weight is 252 g/mol. The second-order valence-corrected chi connectivity index (χ2v) is 3.34. The van der Waals surface area contributed by atoms with Gasteiger partial charge in [-0.15, -0.1) is 0 Å². The van der Waals surface area contributed by atoms with Crippen LogP contribution < -0.4 is 15.8 Å². The summed E-state index contributed by atoms with van der Waals surface area (Å²) in [7, 11) is 0. The molecule has 0 aliphatic heterocycles. The van der Waals surface area contributed by atoms with E-state index in [4.69, 9.17) is 5.73 Å². The molecule has 3 N–H and O–H groups in total. The van der Waals surface area contributed by atoms with Gasteiger partial charge in [0.25, 0.3) is 0 Å². The maximum Gasteiger partial charge on any atom is 0.387 e. The monoisotopic (exact) mass is 252 g/mol. The van der Waals surface area contributed by atoms with Crippen LogP contribution in [0.4, 0.5) is 26.1 Å². The van der Waals surface area contributed by atoms with Crippen molar-refractivity contribution in [1.29, 1.82) is 0 Å². The first-order valence-corrected chi connectivity index (χ1v) is 5.03. The van der Waals surface area contributed by atoms with Crippen molar-refractivity contribution in [3.05, 3.63) is 36.7 Å². The molecule has 0 unspecified atom stereocenters. The Morgan fingerprint density at radius 2 is 1.83 bits per heavy atom.